The predicted molar refractivity (Wildman–Crippen MR) is 364 cm³/mol. The van der Waals surface area contributed by atoms with Crippen LogP contribution < -0.4 is 5.32 Å². The summed E-state index contributed by atoms with van der Waals surface area (Å²) in [5, 5.41) is 14.0. The normalized spacial score (nSPS) is 14.4. The minimum absolute atomic E-state index is 0.0484. The first-order valence-electron chi connectivity index (χ1n) is 34.4. The van der Waals surface area contributed by atoms with Gasteiger partial charge in [-0.15, -0.1) is 0 Å². The van der Waals surface area contributed by atoms with Crippen molar-refractivity contribution in [1.82, 2.24) is 5.32 Å². The Kier molecular flexibility index (Phi) is 61.0. The lowest BCUT2D eigenvalue weighted by atomic mass is 10.0. The Hall–Kier alpha value is -3.10. The SMILES string of the molecule is CC/C=C\C/C=C\C/C=C\C/C=C\C/C=C\C/C=C\C/C=C\C/C=C\C/C=C\CCCCCC(=O)NC(COP(=O)(O)OCC[N+](C)(C)C)C(O)/C=C/CCCCCCCCCCCCCCCCCCCCCCCCCCCCCC. The summed E-state index contributed by atoms with van der Waals surface area (Å²) in [6, 6.07) is -0.876. The summed E-state index contributed by atoms with van der Waals surface area (Å²) in [6.45, 7) is 4.69. The van der Waals surface area contributed by atoms with E-state index in [0.717, 1.165) is 103 Å². The van der Waals surface area contributed by atoms with Gasteiger partial charge in [0.15, 0.2) is 0 Å². The first-order chi connectivity index (χ1) is 40.5. The highest BCUT2D eigenvalue weighted by atomic mass is 31.2. The van der Waals surface area contributed by atoms with Crippen LogP contribution in [-0.4, -0.2) is 73.4 Å². The fourth-order valence-electron chi connectivity index (χ4n) is 9.62. The minimum Gasteiger partial charge on any atom is -0.387 e. The maximum Gasteiger partial charge on any atom is 0.472 e. The number of allylic oxidation sites excluding steroid dienone is 19. The molecule has 0 rings (SSSR count). The van der Waals surface area contributed by atoms with Crippen LogP contribution in [0.2, 0.25) is 0 Å². The van der Waals surface area contributed by atoms with E-state index in [1.807, 2.05) is 27.2 Å². The highest BCUT2D eigenvalue weighted by Gasteiger charge is 2.28. The molecule has 3 N–H and O–H groups in total. The van der Waals surface area contributed by atoms with Gasteiger partial charge in [-0.05, 0) is 89.9 Å². The fraction of sp³-hybridized carbons (Fsp3) is 0.716. The van der Waals surface area contributed by atoms with E-state index in [1.165, 1.54) is 167 Å². The molecule has 0 heterocycles. The smallest absolute Gasteiger partial charge is 0.387 e. The monoisotopic (exact) mass is 1180 g/mol. The van der Waals surface area contributed by atoms with Gasteiger partial charge in [0.1, 0.15) is 13.2 Å². The fourth-order valence-corrected chi connectivity index (χ4v) is 10.4. The minimum atomic E-state index is -4.37. The zero-order valence-corrected chi connectivity index (χ0v) is 55.5. The number of aliphatic hydroxyl groups is 1. The van der Waals surface area contributed by atoms with E-state index in [-0.39, 0.29) is 19.1 Å². The lowest BCUT2D eigenvalue weighted by molar-refractivity contribution is -0.870. The van der Waals surface area contributed by atoms with Crippen LogP contribution in [0.15, 0.2) is 122 Å². The Balaban J connectivity index is 4.21. The Labute approximate surface area is 514 Å². The van der Waals surface area contributed by atoms with Crippen LogP contribution in [0.3, 0.4) is 0 Å². The van der Waals surface area contributed by atoms with E-state index in [2.05, 4.69) is 129 Å². The molecule has 0 aromatic heterocycles. The van der Waals surface area contributed by atoms with Gasteiger partial charge in [0, 0.05) is 6.42 Å². The Morgan fingerprint density at radius 3 is 1.06 bits per heavy atom. The van der Waals surface area contributed by atoms with Gasteiger partial charge in [0.25, 0.3) is 0 Å². The molecular weight excluding hydrogens is 1040 g/mol. The standard InChI is InChI=1S/C74H131N2O6P/c1-6-8-10-12-14-16-18-20-22-24-26-28-30-32-34-36-38-40-42-44-46-48-50-52-54-56-58-60-62-64-66-68-74(78)75-72(71-82-83(79,80)81-70-69-76(3,4)5)73(77)67-65-63-61-59-57-55-53-51-49-47-45-43-41-39-37-35-33-31-29-27-25-23-21-19-17-15-13-11-9-7-2/h8,10,14,16,20,22,26,28,32,34,38,40,44,46,50,52,56,58,65,67,72-73,77H,6-7,9,11-13,15,17-19,21,23-25,27,29-31,33,35-37,39,41-43,45,47-49,51,53-55,57,59-64,66,68-71H2,1-5H3,(H-,75,78,79,80)/p+1/b10-8-,16-14-,22-20-,28-26-,34-32-,40-38-,46-44-,52-50-,58-56-,67-65+. The van der Waals surface area contributed by atoms with Gasteiger partial charge in [-0.1, -0.05) is 315 Å². The highest BCUT2D eigenvalue weighted by Crippen LogP contribution is 2.43. The number of phosphoric acid groups is 1. The first kappa shape index (κ1) is 79.9. The second-order valence-electron chi connectivity index (χ2n) is 24.2. The summed E-state index contributed by atoms with van der Waals surface area (Å²) in [5.41, 5.74) is 0. The van der Waals surface area contributed by atoms with E-state index in [4.69, 9.17) is 9.05 Å². The molecule has 0 spiro atoms. The number of likely N-dealkylation sites (N-methyl/N-ethyl adjacent to an activating group) is 1. The summed E-state index contributed by atoms with van der Waals surface area (Å²) < 4.78 is 23.8. The van der Waals surface area contributed by atoms with Crippen molar-refractivity contribution < 1.29 is 32.9 Å². The maximum absolute atomic E-state index is 13.0. The molecule has 0 aliphatic carbocycles. The number of aliphatic hydroxyl groups excluding tert-OH is 1. The summed E-state index contributed by atoms with van der Waals surface area (Å²) >= 11 is 0. The van der Waals surface area contributed by atoms with Crippen molar-refractivity contribution in [2.75, 3.05) is 40.9 Å². The number of nitrogens with one attached hydrogen (secondary N) is 1. The molecular formula is C74H132N2O6P+. The molecule has 0 bridgehead atoms. The molecule has 3 atom stereocenters. The van der Waals surface area contributed by atoms with Crippen LogP contribution in [-0.2, 0) is 18.4 Å². The van der Waals surface area contributed by atoms with Crippen molar-refractivity contribution in [3.05, 3.63) is 122 Å². The number of amides is 1. The van der Waals surface area contributed by atoms with Crippen LogP contribution in [0.1, 0.15) is 290 Å². The van der Waals surface area contributed by atoms with Crippen molar-refractivity contribution in [1.29, 1.82) is 0 Å². The van der Waals surface area contributed by atoms with Gasteiger partial charge >= 0.3 is 7.82 Å². The van der Waals surface area contributed by atoms with E-state index < -0.39 is 20.0 Å². The van der Waals surface area contributed by atoms with Gasteiger partial charge in [0.2, 0.25) is 5.91 Å². The highest BCUT2D eigenvalue weighted by molar-refractivity contribution is 7.47. The zero-order chi connectivity index (χ0) is 60.5. The molecule has 9 heteroatoms. The third kappa shape index (κ3) is 66.3. The Morgan fingerprint density at radius 1 is 0.422 bits per heavy atom. The molecule has 0 aliphatic heterocycles. The maximum atomic E-state index is 13.0. The van der Waals surface area contributed by atoms with Crippen LogP contribution in [0.5, 0.6) is 0 Å². The molecule has 1 amide bonds. The van der Waals surface area contributed by atoms with E-state index in [9.17, 15) is 19.4 Å². The third-order valence-corrected chi connectivity index (χ3v) is 15.9. The van der Waals surface area contributed by atoms with Crippen molar-refractivity contribution in [3.63, 3.8) is 0 Å². The average molecular weight is 1180 g/mol. The van der Waals surface area contributed by atoms with Crippen molar-refractivity contribution in [3.8, 4) is 0 Å². The van der Waals surface area contributed by atoms with Crippen LogP contribution in [0.4, 0.5) is 0 Å². The molecule has 0 saturated carbocycles. The first-order valence-corrected chi connectivity index (χ1v) is 35.9. The van der Waals surface area contributed by atoms with Gasteiger partial charge in [-0.2, -0.15) is 0 Å². The van der Waals surface area contributed by atoms with Crippen molar-refractivity contribution >= 4 is 13.7 Å². The molecule has 3 unspecified atom stereocenters. The number of rotatable bonds is 62. The largest absolute Gasteiger partial charge is 0.472 e. The molecule has 0 aliphatic rings. The quantitative estimate of drug-likeness (QED) is 0.0243. The lowest BCUT2D eigenvalue weighted by Crippen LogP contribution is -2.45. The average Bonchev–Trinajstić information content (AvgIpc) is 3.49. The van der Waals surface area contributed by atoms with Gasteiger partial charge in [-0.3, -0.25) is 13.8 Å². The van der Waals surface area contributed by atoms with Crippen LogP contribution in [0.25, 0.3) is 0 Å². The number of unbranched alkanes of at least 4 members (excludes halogenated alkanes) is 31. The molecule has 0 radical (unpaired) electrons. The Morgan fingerprint density at radius 2 is 0.723 bits per heavy atom. The topological polar surface area (TPSA) is 105 Å². The van der Waals surface area contributed by atoms with Gasteiger partial charge in [0.05, 0.1) is 39.9 Å². The molecule has 478 valence electrons. The summed E-state index contributed by atoms with van der Waals surface area (Å²) in [4.78, 5) is 23.4. The van der Waals surface area contributed by atoms with E-state index in [1.54, 1.807) is 6.08 Å². The predicted octanol–water partition coefficient (Wildman–Crippen LogP) is 22.0. The van der Waals surface area contributed by atoms with Gasteiger partial charge in [-0.25, -0.2) is 4.57 Å². The second-order valence-corrected chi connectivity index (χ2v) is 25.6. The summed E-state index contributed by atoms with van der Waals surface area (Å²) in [7, 11) is 1.54. The third-order valence-electron chi connectivity index (χ3n) is 14.9. The number of carbonyl (C=O) groups is 1. The number of hydrogen-bond donors (Lipinski definition) is 3. The molecule has 8 nitrogen and oxygen atoms in total. The molecule has 0 aromatic carbocycles. The van der Waals surface area contributed by atoms with E-state index in [0.29, 0.717) is 17.4 Å². The zero-order valence-electron chi connectivity index (χ0n) is 54.7. The van der Waals surface area contributed by atoms with Crippen LogP contribution >= 0.6 is 7.82 Å². The Bertz CT molecular complexity index is 1770. The van der Waals surface area contributed by atoms with Crippen LogP contribution in [0, 0.1) is 0 Å². The number of hydrogen-bond acceptors (Lipinski definition) is 5. The number of quaternary nitrogens is 1. The lowest BCUT2D eigenvalue weighted by Gasteiger charge is -2.25. The van der Waals surface area contributed by atoms with Gasteiger partial charge < -0.3 is 19.8 Å². The number of carbonyl (C=O) groups excluding carboxylic acids is 1. The van der Waals surface area contributed by atoms with Crippen molar-refractivity contribution in [2.24, 2.45) is 0 Å². The molecule has 0 fully saturated rings. The second kappa shape index (κ2) is 63.4. The molecule has 83 heavy (non-hydrogen) atoms. The number of nitrogens with zero attached hydrogens (tertiary/aromatic N) is 1. The molecule has 0 saturated heterocycles. The summed E-state index contributed by atoms with van der Waals surface area (Å²) in [5.74, 6) is -0.211. The van der Waals surface area contributed by atoms with Crippen molar-refractivity contribution in [2.45, 2.75) is 302 Å². The number of phosphoric ester groups is 1. The molecule has 0 aromatic rings. The van der Waals surface area contributed by atoms with E-state index >= 15 is 0 Å². The summed E-state index contributed by atoms with van der Waals surface area (Å²) in [6.07, 6.45) is 94.8.